The molecule has 0 aromatic rings. The summed E-state index contributed by atoms with van der Waals surface area (Å²) in [7, 11) is 0. The minimum Gasteiger partial charge on any atom is -0.480 e. The van der Waals surface area contributed by atoms with Gasteiger partial charge in [0, 0.05) is 0 Å². The van der Waals surface area contributed by atoms with Gasteiger partial charge in [-0.1, -0.05) is 6.92 Å². The van der Waals surface area contributed by atoms with E-state index >= 15 is 0 Å². The zero-order valence-corrected chi connectivity index (χ0v) is 7.82. The molecule has 0 aliphatic rings. The second kappa shape index (κ2) is 5.92. The van der Waals surface area contributed by atoms with Crippen LogP contribution in [-0.2, 0) is 9.59 Å². The van der Waals surface area contributed by atoms with Gasteiger partial charge in [0.2, 0.25) is 5.91 Å². The van der Waals surface area contributed by atoms with E-state index in [2.05, 4.69) is 0 Å². The van der Waals surface area contributed by atoms with E-state index in [1.54, 1.807) is 6.92 Å². The zero-order valence-electron chi connectivity index (χ0n) is 7.82. The lowest BCUT2D eigenvalue weighted by atomic mass is 10.4. The van der Waals surface area contributed by atoms with Gasteiger partial charge in [-0.3, -0.25) is 19.8 Å². The van der Waals surface area contributed by atoms with Gasteiger partial charge in [-0.05, 0) is 6.54 Å². The molecule has 0 fully saturated rings. The van der Waals surface area contributed by atoms with Crippen LogP contribution in [-0.4, -0.2) is 47.5 Å². The number of likely N-dealkylation sites (N-methyl/N-ethyl adjacent to an activating group) is 1. The van der Waals surface area contributed by atoms with Crippen LogP contribution in [0.4, 0.5) is 4.79 Å². The summed E-state index contributed by atoms with van der Waals surface area (Å²) in [6.45, 7) is 1.70. The SMILES string of the molecule is CCN(CC(=O)O)CC(=O)NC(N)=O. The third kappa shape index (κ3) is 5.95. The van der Waals surface area contributed by atoms with Gasteiger partial charge in [0.1, 0.15) is 0 Å². The first-order valence-corrected chi connectivity index (χ1v) is 3.99. The zero-order chi connectivity index (χ0) is 11.1. The predicted molar refractivity (Wildman–Crippen MR) is 47.5 cm³/mol. The molecule has 80 valence electrons. The van der Waals surface area contributed by atoms with Crippen LogP contribution in [0.3, 0.4) is 0 Å². The molecule has 0 unspecified atom stereocenters. The Morgan fingerprint density at radius 3 is 2.29 bits per heavy atom. The van der Waals surface area contributed by atoms with Crippen molar-refractivity contribution in [2.24, 2.45) is 5.73 Å². The van der Waals surface area contributed by atoms with Crippen LogP contribution in [0.5, 0.6) is 0 Å². The molecule has 0 radical (unpaired) electrons. The minimum atomic E-state index is -1.03. The maximum atomic E-state index is 11.0. The van der Waals surface area contributed by atoms with Crippen LogP contribution in [0.2, 0.25) is 0 Å². The molecule has 0 saturated carbocycles. The van der Waals surface area contributed by atoms with Crippen molar-refractivity contribution in [2.45, 2.75) is 6.92 Å². The van der Waals surface area contributed by atoms with E-state index in [1.807, 2.05) is 5.32 Å². The Morgan fingerprint density at radius 1 is 1.36 bits per heavy atom. The second-order valence-electron chi connectivity index (χ2n) is 2.61. The van der Waals surface area contributed by atoms with Crippen molar-refractivity contribution in [1.29, 1.82) is 0 Å². The van der Waals surface area contributed by atoms with Gasteiger partial charge < -0.3 is 10.8 Å². The largest absolute Gasteiger partial charge is 0.480 e. The average molecular weight is 203 g/mol. The van der Waals surface area contributed by atoms with Crippen LogP contribution < -0.4 is 11.1 Å². The fraction of sp³-hybridized carbons (Fsp3) is 0.571. The number of urea groups is 1. The van der Waals surface area contributed by atoms with E-state index in [4.69, 9.17) is 10.8 Å². The van der Waals surface area contributed by atoms with Gasteiger partial charge in [0.05, 0.1) is 13.1 Å². The number of amides is 3. The molecule has 0 rings (SSSR count). The molecule has 7 heteroatoms. The first kappa shape index (κ1) is 12.4. The van der Waals surface area contributed by atoms with Crippen LogP contribution in [0, 0.1) is 0 Å². The predicted octanol–water partition coefficient (Wildman–Crippen LogP) is -1.41. The number of nitrogens with one attached hydrogen (secondary N) is 1. The summed E-state index contributed by atoms with van der Waals surface area (Å²) in [5.74, 6) is -1.64. The molecule has 0 saturated heterocycles. The molecular formula is C7H13N3O4. The molecule has 4 N–H and O–H groups in total. The van der Waals surface area contributed by atoms with Gasteiger partial charge in [0.25, 0.3) is 0 Å². The number of primary amides is 1. The highest BCUT2D eigenvalue weighted by atomic mass is 16.4. The summed E-state index contributed by atoms with van der Waals surface area (Å²) in [6.07, 6.45) is 0. The topological polar surface area (TPSA) is 113 Å². The fourth-order valence-electron chi connectivity index (χ4n) is 0.851. The molecular weight excluding hydrogens is 190 g/mol. The molecule has 14 heavy (non-hydrogen) atoms. The summed E-state index contributed by atoms with van der Waals surface area (Å²) < 4.78 is 0. The van der Waals surface area contributed by atoms with Crippen molar-refractivity contribution >= 4 is 17.9 Å². The monoisotopic (exact) mass is 203 g/mol. The first-order valence-electron chi connectivity index (χ1n) is 3.99. The number of hydrogen-bond donors (Lipinski definition) is 3. The number of hydrogen-bond acceptors (Lipinski definition) is 4. The van der Waals surface area contributed by atoms with Crippen molar-refractivity contribution in [3.8, 4) is 0 Å². The highest BCUT2D eigenvalue weighted by Crippen LogP contribution is 1.86. The normalized spacial score (nSPS) is 9.86. The third-order valence-electron chi connectivity index (χ3n) is 1.44. The summed E-state index contributed by atoms with van der Waals surface area (Å²) in [5.41, 5.74) is 4.71. The standard InChI is InChI=1S/C7H13N3O4/c1-2-10(4-6(12)13)3-5(11)9-7(8)14/h2-4H2,1H3,(H,12,13)(H3,8,9,11,14). The lowest BCUT2D eigenvalue weighted by Crippen LogP contribution is -2.43. The maximum Gasteiger partial charge on any atom is 0.318 e. The van der Waals surface area contributed by atoms with Gasteiger partial charge in [-0.25, -0.2) is 4.79 Å². The molecule has 0 aromatic carbocycles. The highest BCUT2D eigenvalue weighted by Gasteiger charge is 2.12. The van der Waals surface area contributed by atoms with Crippen LogP contribution >= 0.6 is 0 Å². The number of nitrogens with two attached hydrogens (primary N) is 1. The Labute approximate surface area is 80.9 Å². The summed E-state index contributed by atoms with van der Waals surface area (Å²) in [5, 5.41) is 10.3. The smallest absolute Gasteiger partial charge is 0.318 e. The van der Waals surface area contributed by atoms with Gasteiger partial charge in [-0.2, -0.15) is 0 Å². The van der Waals surface area contributed by atoms with Gasteiger partial charge in [-0.15, -0.1) is 0 Å². The third-order valence-corrected chi connectivity index (χ3v) is 1.44. The molecule has 0 atom stereocenters. The lowest BCUT2D eigenvalue weighted by molar-refractivity contribution is -0.138. The van der Waals surface area contributed by atoms with E-state index in [0.717, 1.165) is 0 Å². The number of aliphatic carboxylic acids is 1. The summed E-state index contributed by atoms with van der Waals surface area (Å²) >= 11 is 0. The number of imide groups is 1. The number of carboxylic acids is 1. The minimum absolute atomic E-state index is 0.161. The van der Waals surface area contributed by atoms with E-state index in [1.165, 1.54) is 4.90 Å². The van der Waals surface area contributed by atoms with Crippen molar-refractivity contribution in [3.05, 3.63) is 0 Å². The van der Waals surface area contributed by atoms with Crippen molar-refractivity contribution in [2.75, 3.05) is 19.6 Å². The Kier molecular flexibility index (Phi) is 5.23. The number of carbonyl (C=O) groups excluding carboxylic acids is 2. The number of nitrogens with zero attached hydrogens (tertiary/aromatic N) is 1. The van der Waals surface area contributed by atoms with Crippen molar-refractivity contribution < 1.29 is 19.5 Å². The van der Waals surface area contributed by atoms with Crippen LogP contribution in [0.1, 0.15) is 6.92 Å². The van der Waals surface area contributed by atoms with Crippen molar-refractivity contribution in [3.63, 3.8) is 0 Å². The summed E-state index contributed by atoms with van der Waals surface area (Å²) in [6, 6.07) is -0.943. The molecule has 0 aliphatic heterocycles. The first-order chi connectivity index (χ1) is 6.45. The van der Waals surface area contributed by atoms with Crippen LogP contribution in [0.15, 0.2) is 0 Å². The molecule has 0 spiro atoms. The molecule has 0 heterocycles. The van der Waals surface area contributed by atoms with E-state index < -0.39 is 17.9 Å². The molecule has 0 aliphatic carbocycles. The molecule has 3 amide bonds. The number of carboxylic acid groups (broad SMARTS) is 1. The van der Waals surface area contributed by atoms with Gasteiger partial charge >= 0.3 is 12.0 Å². The Bertz CT molecular complexity index is 241. The van der Waals surface area contributed by atoms with Crippen LogP contribution in [0.25, 0.3) is 0 Å². The lowest BCUT2D eigenvalue weighted by Gasteiger charge is -2.16. The number of carbonyl (C=O) groups is 3. The quantitative estimate of drug-likeness (QED) is 0.508. The molecule has 0 aromatic heterocycles. The van der Waals surface area contributed by atoms with Gasteiger partial charge in [0.15, 0.2) is 0 Å². The van der Waals surface area contributed by atoms with E-state index in [9.17, 15) is 14.4 Å². The Hall–Kier alpha value is -1.63. The van der Waals surface area contributed by atoms with E-state index in [0.29, 0.717) is 6.54 Å². The molecule has 0 bridgehead atoms. The summed E-state index contributed by atoms with van der Waals surface area (Å²) in [4.78, 5) is 32.9. The molecule has 7 nitrogen and oxygen atoms in total. The Morgan fingerprint density at radius 2 is 1.93 bits per heavy atom. The Balaban J connectivity index is 3.98. The van der Waals surface area contributed by atoms with E-state index in [-0.39, 0.29) is 13.1 Å². The van der Waals surface area contributed by atoms with Crippen molar-refractivity contribution in [1.82, 2.24) is 10.2 Å². The highest BCUT2D eigenvalue weighted by molar-refractivity contribution is 5.94. The average Bonchev–Trinajstić information content (AvgIpc) is 2.00. The second-order valence-corrected chi connectivity index (χ2v) is 2.61. The maximum absolute atomic E-state index is 11.0. The fourth-order valence-corrected chi connectivity index (χ4v) is 0.851. The number of rotatable bonds is 5.